The number of alkyl halides is 1. The number of nitrogens with zero attached hydrogens (tertiary/aromatic N) is 1. The molecule has 1 fully saturated rings. The van der Waals surface area contributed by atoms with Crippen LogP contribution >= 0.6 is 0 Å². The predicted molar refractivity (Wildman–Crippen MR) is 68.6 cm³/mol. The van der Waals surface area contributed by atoms with E-state index in [9.17, 15) is 14.0 Å². The second kappa shape index (κ2) is 5.42. The highest BCUT2D eigenvalue weighted by atomic mass is 19.1. The molecule has 1 saturated carbocycles. The zero-order valence-corrected chi connectivity index (χ0v) is 11.4. The Morgan fingerprint density at radius 1 is 1.30 bits per heavy atom. The van der Waals surface area contributed by atoms with Crippen molar-refractivity contribution in [3.63, 3.8) is 0 Å². The SMILES string of the molecule is O=C1CC(CCCC2CC2)C2=C(NCN(CF)C2=O)O1. The maximum atomic E-state index is 12.8. The Hall–Kier alpha value is -1.59. The van der Waals surface area contributed by atoms with Gasteiger partial charge < -0.3 is 10.1 Å². The lowest BCUT2D eigenvalue weighted by Crippen LogP contribution is -2.48. The zero-order valence-electron chi connectivity index (χ0n) is 11.4. The summed E-state index contributed by atoms with van der Waals surface area (Å²) in [5.74, 6) is 0.285. The van der Waals surface area contributed by atoms with Gasteiger partial charge in [0, 0.05) is 5.92 Å². The number of carbonyl (C=O) groups is 2. The highest BCUT2D eigenvalue weighted by molar-refractivity contribution is 5.97. The summed E-state index contributed by atoms with van der Waals surface area (Å²) in [5, 5.41) is 2.83. The van der Waals surface area contributed by atoms with Gasteiger partial charge in [0.15, 0.2) is 6.80 Å². The third kappa shape index (κ3) is 2.64. The third-order valence-electron chi connectivity index (χ3n) is 4.24. The standard InChI is InChI=1S/C14H19FN2O3/c15-7-17-8-16-13-12(14(17)19)10(6-11(18)20-13)3-1-2-9-4-5-9/h9-10,16H,1-8H2. The molecule has 1 atom stereocenters. The van der Waals surface area contributed by atoms with Crippen molar-refractivity contribution < 1.29 is 18.7 Å². The van der Waals surface area contributed by atoms with Crippen molar-refractivity contribution in [2.75, 3.05) is 13.5 Å². The molecule has 2 aliphatic heterocycles. The molecule has 0 aromatic heterocycles. The van der Waals surface area contributed by atoms with E-state index in [0.29, 0.717) is 5.57 Å². The average molecular weight is 282 g/mol. The second-order valence-electron chi connectivity index (χ2n) is 5.79. The third-order valence-corrected chi connectivity index (χ3v) is 4.24. The van der Waals surface area contributed by atoms with Crippen LogP contribution in [0.4, 0.5) is 4.39 Å². The summed E-state index contributed by atoms with van der Waals surface area (Å²) in [6, 6.07) is 0. The first-order valence-corrected chi connectivity index (χ1v) is 7.23. The lowest BCUT2D eigenvalue weighted by Gasteiger charge is -2.34. The van der Waals surface area contributed by atoms with Crippen LogP contribution in [0.3, 0.4) is 0 Å². The molecule has 110 valence electrons. The van der Waals surface area contributed by atoms with Crippen LogP contribution in [0, 0.1) is 11.8 Å². The van der Waals surface area contributed by atoms with Gasteiger partial charge >= 0.3 is 5.97 Å². The van der Waals surface area contributed by atoms with Gasteiger partial charge in [0.25, 0.3) is 5.91 Å². The van der Waals surface area contributed by atoms with Gasteiger partial charge in [-0.3, -0.25) is 14.5 Å². The van der Waals surface area contributed by atoms with Gasteiger partial charge in [-0.2, -0.15) is 0 Å². The van der Waals surface area contributed by atoms with E-state index in [1.165, 1.54) is 12.8 Å². The molecule has 1 amide bonds. The van der Waals surface area contributed by atoms with Gasteiger partial charge in [-0.15, -0.1) is 0 Å². The Balaban J connectivity index is 1.72. The summed E-state index contributed by atoms with van der Waals surface area (Å²) in [5.41, 5.74) is 0.448. The molecular formula is C14H19FN2O3. The van der Waals surface area contributed by atoms with E-state index in [-0.39, 0.29) is 36.8 Å². The van der Waals surface area contributed by atoms with Crippen molar-refractivity contribution in [2.45, 2.75) is 38.5 Å². The number of carbonyl (C=O) groups excluding carboxylic acids is 2. The van der Waals surface area contributed by atoms with E-state index in [1.54, 1.807) is 0 Å². The monoisotopic (exact) mass is 282 g/mol. The van der Waals surface area contributed by atoms with Crippen LogP contribution in [0.2, 0.25) is 0 Å². The van der Waals surface area contributed by atoms with E-state index >= 15 is 0 Å². The normalized spacial score (nSPS) is 26.2. The van der Waals surface area contributed by atoms with E-state index in [2.05, 4.69) is 5.32 Å². The number of amides is 1. The fraction of sp³-hybridized carbons (Fsp3) is 0.714. The molecule has 0 bridgehead atoms. The van der Waals surface area contributed by atoms with E-state index in [1.807, 2.05) is 0 Å². The Morgan fingerprint density at radius 3 is 2.80 bits per heavy atom. The lowest BCUT2D eigenvalue weighted by atomic mass is 9.87. The first-order chi connectivity index (χ1) is 9.69. The van der Waals surface area contributed by atoms with Crippen molar-refractivity contribution in [3.8, 4) is 0 Å². The number of rotatable bonds is 5. The Labute approximate surface area is 117 Å². The van der Waals surface area contributed by atoms with E-state index in [0.717, 1.165) is 30.1 Å². The van der Waals surface area contributed by atoms with E-state index < -0.39 is 6.80 Å². The topological polar surface area (TPSA) is 58.6 Å². The number of esters is 1. The van der Waals surface area contributed by atoms with Gasteiger partial charge in [-0.1, -0.05) is 25.7 Å². The smallest absolute Gasteiger partial charge is 0.313 e. The minimum atomic E-state index is -0.828. The van der Waals surface area contributed by atoms with Crippen LogP contribution in [-0.2, 0) is 14.3 Å². The quantitative estimate of drug-likeness (QED) is 0.615. The maximum absolute atomic E-state index is 12.8. The van der Waals surface area contributed by atoms with Crippen molar-refractivity contribution in [1.29, 1.82) is 0 Å². The van der Waals surface area contributed by atoms with Crippen LogP contribution in [0.1, 0.15) is 38.5 Å². The highest BCUT2D eigenvalue weighted by Gasteiger charge is 2.39. The lowest BCUT2D eigenvalue weighted by molar-refractivity contribution is -0.145. The molecule has 1 N–H and O–H groups in total. The van der Waals surface area contributed by atoms with Gasteiger partial charge in [-0.05, 0) is 12.3 Å². The molecule has 0 aromatic carbocycles. The Bertz CT molecular complexity index is 459. The van der Waals surface area contributed by atoms with Gasteiger partial charge in [0.1, 0.15) is 0 Å². The number of ether oxygens (including phenoxy) is 1. The maximum Gasteiger partial charge on any atom is 0.313 e. The summed E-state index contributed by atoms with van der Waals surface area (Å²) in [6.45, 7) is -0.776. The molecule has 3 rings (SSSR count). The molecule has 3 aliphatic rings. The van der Waals surface area contributed by atoms with Gasteiger partial charge in [0.05, 0.1) is 18.7 Å². The molecule has 1 aliphatic carbocycles. The number of halogens is 1. The molecule has 0 radical (unpaired) electrons. The Morgan fingerprint density at radius 2 is 2.10 bits per heavy atom. The summed E-state index contributed by atoms with van der Waals surface area (Å²) < 4.78 is 17.9. The minimum Gasteiger partial charge on any atom is -0.409 e. The van der Waals surface area contributed by atoms with Crippen LogP contribution in [0.5, 0.6) is 0 Å². The molecule has 0 aromatic rings. The van der Waals surface area contributed by atoms with Gasteiger partial charge in [0.2, 0.25) is 5.88 Å². The summed E-state index contributed by atoms with van der Waals surface area (Å²) >= 11 is 0. The molecule has 5 nitrogen and oxygen atoms in total. The molecule has 20 heavy (non-hydrogen) atoms. The van der Waals surface area contributed by atoms with Crippen LogP contribution < -0.4 is 5.32 Å². The first-order valence-electron chi connectivity index (χ1n) is 7.23. The number of nitrogens with one attached hydrogen (secondary N) is 1. The van der Waals surface area contributed by atoms with Gasteiger partial charge in [-0.25, -0.2) is 4.39 Å². The largest absolute Gasteiger partial charge is 0.409 e. The van der Waals surface area contributed by atoms with Crippen molar-refractivity contribution in [1.82, 2.24) is 10.2 Å². The first kappa shape index (κ1) is 13.4. The van der Waals surface area contributed by atoms with Crippen LogP contribution in [0.25, 0.3) is 0 Å². The van der Waals surface area contributed by atoms with Crippen LogP contribution in [-0.4, -0.2) is 30.2 Å². The van der Waals surface area contributed by atoms with Crippen molar-refractivity contribution in [3.05, 3.63) is 11.5 Å². The predicted octanol–water partition coefficient (Wildman–Crippen LogP) is 1.66. The Kier molecular flexibility index (Phi) is 3.63. The highest BCUT2D eigenvalue weighted by Crippen LogP contribution is 2.37. The molecule has 2 heterocycles. The minimum absolute atomic E-state index is 0.0518. The molecule has 6 heteroatoms. The van der Waals surface area contributed by atoms with Crippen LogP contribution in [0.15, 0.2) is 11.5 Å². The fourth-order valence-corrected chi connectivity index (χ4v) is 2.91. The second-order valence-corrected chi connectivity index (χ2v) is 5.79. The summed E-state index contributed by atoms with van der Waals surface area (Å²) in [6.07, 6.45) is 5.77. The van der Waals surface area contributed by atoms with E-state index in [4.69, 9.17) is 4.74 Å². The molecule has 1 unspecified atom stereocenters. The molecule has 0 spiro atoms. The zero-order chi connectivity index (χ0) is 14.1. The average Bonchev–Trinajstić information content (AvgIpc) is 3.22. The molecule has 0 saturated heterocycles. The van der Waals surface area contributed by atoms with Crippen molar-refractivity contribution >= 4 is 11.9 Å². The fourth-order valence-electron chi connectivity index (χ4n) is 2.91. The summed E-state index contributed by atoms with van der Waals surface area (Å²) in [4.78, 5) is 24.9. The molecular weight excluding hydrogens is 263 g/mol. The number of hydrogen-bond donors (Lipinski definition) is 1. The summed E-state index contributed by atoms with van der Waals surface area (Å²) in [7, 11) is 0. The number of hydrogen-bond acceptors (Lipinski definition) is 4. The van der Waals surface area contributed by atoms with Crippen molar-refractivity contribution in [2.24, 2.45) is 11.8 Å².